The zero-order valence-corrected chi connectivity index (χ0v) is 12.8. The lowest BCUT2D eigenvalue weighted by atomic mass is 9.99. The quantitative estimate of drug-likeness (QED) is 0.905. The van der Waals surface area contributed by atoms with Crippen LogP contribution in [-0.4, -0.2) is 53.7 Å². The second-order valence-corrected chi connectivity index (χ2v) is 6.33. The molecular weight excluding hydrogens is 278 g/mol. The predicted molar refractivity (Wildman–Crippen MR) is 86.0 cm³/mol. The van der Waals surface area contributed by atoms with Gasteiger partial charge in [-0.25, -0.2) is 0 Å². The number of benzene rings is 1. The molecule has 4 rings (SSSR count). The first kappa shape index (κ1) is 13.6. The molecule has 1 unspecified atom stereocenters. The van der Waals surface area contributed by atoms with Gasteiger partial charge in [0.2, 0.25) is 0 Å². The van der Waals surface area contributed by atoms with E-state index in [9.17, 15) is 4.79 Å². The summed E-state index contributed by atoms with van der Waals surface area (Å²) in [6, 6.07) is 5.98. The summed E-state index contributed by atoms with van der Waals surface area (Å²) in [7, 11) is 4.16. The van der Waals surface area contributed by atoms with Gasteiger partial charge in [-0.05, 0) is 26.2 Å². The van der Waals surface area contributed by atoms with Gasteiger partial charge in [0.15, 0.2) is 0 Å². The molecule has 0 bridgehead atoms. The van der Waals surface area contributed by atoms with E-state index in [1.807, 2.05) is 18.2 Å². The Morgan fingerprint density at radius 1 is 1.36 bits per heavy atom. The van der Waals surface area contributed by atoms with Crippen LogP contribution in [0.15, 0.2) is 23.0 Å². The maximum absolute atomic E-state index is 12.2. The smallest absolute Gasteiger partial charge is 0.296 e. The molecule has 1 atom stereocenters. The molecule has 0 aliphatic carbocycles. The summed E-state index contributed by atoms with van der Waals surface area (Å²) in [6.45, 7) is 3.68. The van der Waals surface area contributed by atoms with Crippen molar-refractivity contribution in [1.82, 2.24) is 20.0 Å². The first-order chi connectivity index (χ1) is 10.6. The van der Waals surface area contributed by atoms with Gasteiger partial charge in [0.25, 0.3) is 5.56 Å². The summed E-state index contributed by atoms with van der Waals surface area (Å²) in [5.41, 5.74) is 2.89. The van der Waals surface area contributed by atoms with Crippen molar-refractivity contribution in [3.63, 3.8) is 0 Å². The van der Waals surface area contributed by atoms with Crippen molar-refractivity contribution in [3.05, 3.63) is 39.8 Å². The Kier molecular flexibility index (Phi) is 3.09. The van der Waals surface area contributed by atoms with Crippen LogP contribution in [0.1, 0.15) is 17.3 Å². The van der Waals surface area contributed by atoms with E-state index in [1.165, 1.54) is 5.56 Å². The van der Waals surface area contributed by atoms with E-state index in [4.69, 9.17) is 0 Å². The van der Waals surface area contributed by atoms with Crippen LogP contribution >= 0.6 is 0 Å². The van der Waals surface area contributed by atoms with Crippen LogP contribution in [0.25, 0.3) is 10.8 Å². The molecule has 0 spiro atoms. The molecule has 0 saturated heterocycles. The highest BCUT2D eigenvalue weighted by Crippen LogP contribution is 2.41. The van der Waals surface area contributed by atoms with Gasteiger partial charge in [-0.2, -0.15) is 0 Å². The number of nitrogens with zero attached hydrogens (tertiary/aromatic N) is 4. The van der Waals surface area contributed by atoms with Crippen molar-refractivity contribution < 1.29 is 0 Å². The molecule has 1 aromatic carbocycles. The second-order valence-electron chi connectivity index (χ2n) is 6.33. The standard InChI is InChI=1S/C16H19N5O/c1-20(2)6-7-21-8-12-15-13(9-21)18-19-16(22)10-4-3-5-11(17-12)14(10)15/h3-5,12,17H,6-9H2,1-2H3. The minimum atomic E-state index is -0.242. The largest absolute Gasteiger partial charge is 0.376 e. The van der Waals surface area contributed by atoms with E-state index >= 15 is 0 Å². The number of aromatic nitrogens is 2. The Bertz CT molecular complexity index is 804. The Labute approximate surface area is 128 Å². The number of anilines is 1. The average molecular weight is 297 g/mol. The van der Waals surface area contributed by atoms with E-state index < -0.39 is 0 Å². The molecule has 0 saturated carbocycles. The number of rotatable bonds is 3. The van der Waals surface area contributed by atoms with Crippen LogP contribution in [0.4, 0.5) is 5.69 Å². The molecule has 6 nitrogen and oxygen atoms in total. The maximum atomic E-state index is 12.2. The molecule has 0 amide bonds. The first-order valence-electron chi connectivity index (χ1n) is 7.59. The van der Waals surface area contributed by atoms with Crippen LogP contribution in [0.5, 0.6) is 0 Å². The lowest BCUT2D eigenvalue weighted by Gasteiger charge is -2.31. The monoisotopic (exact) mass is 297 g/mol. The molecule has 1 aromatic heterocycles. The van der Waals surface area contributed by atoms with Gasteiger partial charge in [0, 0.05) is 42.8 Å². The van der Waals surface area contributed by atoms with Crippen LogP contribution in [-0.2, 0) is 6.54 Å². The summed E-state index contributed by atoms with van der Waals surface area (Å²) < 4.78 is 0. The van der Waals surface area contributed by atoms with Gasteiger partial charge < -0.3 is 10.2 Å². The zero-order valence-electron chi connectivity index (χ0n) is 12.8. The molecule has 2 aromatic rings. The number of hydrogen-bond donors (Lipinski definition) is 1. The van der Waals surface area contributed by atoms with Gasteiger partial charge in [-0.3, -0.25) is 9.69 Å². The minimum absolute atomic E-state index is 0.201. The third kappa shape index (κ3) is 2.07. The molecule has 0 radical (unpaired) electrons. The van der Waals surface area contributed by atoms with Crippen molar-refractivity contribution in [2.75, 3.05) is 39.0 Å². The molecule has 114 valence electrons. The molecule has 1 N–H and O–H groups in total. The predicted octanol–water partition coefficient (Wildman–Crippen LogP) is 0.834. The summed E-state index contributed by atoms with van der Waals surface area (Å²) in [5.74, 6) is 0. The average Bonchev–Trinajstić information content (AvgIpc) is 2.81. The summed E-state index contributed by atoms with van der Waals surface area (Å²) >= 11 is 0. The Morgan fingerprint density at radius 3 is 3.05 bits per heavy atom. The zero-order chi connectivity index (χ0) is 15.3. The highest BCUT2D eigenvalue weighted by atomic mass is 16.1. The maximum Gasteiger partial charge on any atom is 0.296 e. The fourth-order valence-corrected chi connectivity index (χ4v) is 3.43. The Morgan fingerprint density at radius 2 is 2.23 bits per heavy atom. The summed E-state index contributed by atoms with van der Waals surface area (Å²) in [5, 5.41) is 13.4. The van der Waals surface area contributed by atoms with E-state index in [0.29, 0.717) is 5.39 Å². The van der Waals surface area contributed by atoms with E-state index in [1.54, 1.807) is 0 Å². The fraction of sp³-hybridized carbons (Fsp3) is 0.438. The molecule has 0 fully saturated rings. The normalized spacial score (nSPS) is 19.7. The number of nitrogens with one attached hydrogen (secondary N) is 1. The lowest BCUT2D eigenvalue weighted by molar-refractivity contribution is 0.210. The van der Waals surface area contributed by atoms with Crippen molar-refractivity contribution in [3.8, 4) is 0 Å². The molecule has 6 heteroatoms. The van der Waals surface area contributed by atoms with Crippen molar-refractivity contribution in [2.45, 2.75) is 12.6 Å². The van der Waals surface area contributed by atoms with Gasteiger partial charge in [0.1, 0.15) is 0 Å². The van der Waals surface area contributed by atoms with Gasteiger partial charge in [-0.1, -0.05) is 6.07 Å². The highest BCUT2D eigenvalue weighted by molar-refractivity contribution is 5.99. The van der Waals surface area contributed by atoms with Gasteiger partial charge >= 0.3 is 0 Å². The van der Waals surface area contributed by atoms with Crippen molar-refractivity contribution in [2.24, 2.45) is 0 Å². The third-order valence-corrected chi connectivity index (χ3v) is 4.49. The Hall–Kier alpha value is -2.05. The van der Waals surface area contributed by atoms with E-state index in [2.05, 4.69) is 39.4 Å². The number of hydrogen-bond acceptors (Lipinski definition) is 6. The third-order valence-electron chi connectivity index (χ3n) is 4.49. The molecule has 2 aliphatic heterocycles. The molecule has 22 heavy (non-hydrogen) atoms. The van der Waals surface area contributed by atoms with Crippen LogP contribution < -0.4 is 10.9 Å². The fourth-order valence-electron chi connectivity index (χ4n) is 3.43. The van der Waals surface area contributed by atoms with Crippen LogP contribution in [0, 0.1) is 0 Å². The molecular formula is C16H19N5O. The summed E-state index contributed by atoms with van der Waals surface area (Å²) in [4.78, 5) is 16.7. The van der Waals surface area contributed by atoms with E-state index in [0.717, 1.165) is 42.9 Å². The SMILES string of the molecule is CN(C)CCN1Cc2nnc(=O)c3cccc4c3c2C(C1)N4. The lowest BCUT2D eigenvalue weighted by Crippen LogP contribution is -2.39. The van der Waals surface area contributed by atoms with Gasteiger partial charge in [-0.15, -0.1) is 10.2 Å². The number of likely N-dealkylation sites (N-methyl/N-ethyl adjacent to an activating group) is 1. The molecule has 2 aliphatic rings. The van der Waals surface area contributed by atoms with Crippen molar-refractivity contribution >= 4 is 16.5 Å². The van der Waals surface area contributed by atoms with Gasteiger partial charge in [0.05, 0.1) is 17.1 Å². The van der Waals surface area contributed by atoms with E-state index in [-0.39, 0.29) is 11.6 Å². The first-order valence-corrected chi connectivity index (χ1v) is 7.59. The molecule has 3 heterocycles. The van der Waals surface area contributed by atoms with Crippen LogP contribution in [0.2, 0.25) is 0 Å². The topological polar surface area (TPSA) is 61.4 Å². The van der Waals surface area contributed by atoms with Crippen LogP contribution in [0.3, 0.4) is 0 Å². The summed E-state index contributed by atoms with van der Waals surface area (Å²) in [6.07, 6.45) is 0. The van der Waals surface area contributed by atoms with Crippen molar-refractivity contribution in [1.29, 1.82) is 0 Å². The Balaban J connectivity index is 1.82. The highest BCUT2D eigenvalue weighted by Gasteiger charge is 2.33. The minimum Gasteiger partial charge on any atom is -0.376 e. The second kappa shape index (κ2) is 5.00.